The van der Waals surface area contributed by atoms with Gasteiger partial charge in [-0.3, -0.25) is 19.4 Å². The van der Waals surface area contributed by atoms with Gasteiger partial charge in [0.25, 0.3) is 5.91 Å². The van der Waals surface area contributed by atoms with Gasteiger partial charge in [0.1, 0.15) is 12.3 Å². The van der Waals surface area contributed by atoms with Crippen molar-refractivity contribution in [3.63, 3.8) is 0 Å². The molecular formula is C27H37N5O8. The van der Waals surface area contributed by atoms with Gasteiger partial charge in [0, 0.05) is 25.8 Å². The lowest BCUT2D eigenvalue weighted by Gasteiger charge is -2.28. The van der Waals surface area contributed by atoms with Crippen LogP contribution in [0.15, 0.2) is 42.7 Å². The van der Waals surface area contributed by atoms with E-state index in [1.165, 1.54) is 17.3 Å². The number of benzene rings is 1. The highest BCUT2D eigenvalue weighted by Crippen LogP contribution is 2.34. The van der Waals surface area contributed by atoms with Crippen molar-refractivity contribution in [1.29, 1.82) is 0 Å². The lowest BCUT2D eigenvalue weighted by Crippen LogP contribution is -2.43. The number of para-hydroxylation sites is 2. The summed E-state index contributed by atoms with van der Waals surface area (Å²) in [7, 11) is 0. The van der Waals surface area contributed by atoms with Crippen LogP contribution < -0.4 is 20.3 Å². The van der Waals surface area contributed by atoms with E-state index in [4.69, 9.17) is 14.9 Å². The van der Waals surface area contributed by atoms with E-state index >= 15 is 0 Å². The first-order valence-corrected chi connectivity index (χ1v) is 13.2. The molecule has 0 saturated carbocycles. The highest BCUT2D eigenvalue weighted by Gasteiger charge is 2.23. The molecule has 218 valence electrons. The first-order valence-electron chi connectivity index (χ1n) is 13.2. The summed E-state index contributed by atoms with van der Waals surface area (Å²) in [6.07, 6.45) is 2.74. The first kappa shape index (κ1) is 30.8. The lowest BCUT2D eigenvalue weighted by atomic mass is 10.1. The molecule has 3 rings (SSSR count). The summed E-state index contributed by atoms with van der Waals surface area (Å²) in [4.78, 5) is 46.1. The zero-order valence-electron chi connectivity index (χ0n) is 22.2. The summed E-state index contributed by atoms with van der Waals surface area (Å²) in [5.41, 5.74) is 1.20. The Morgan fingerprint density at radius 3 is 2.33 bits per heavy atom. The van der Waals surface area contributed by atoms with E-state index in [0.29, 0.717) is 43.1 Å². The monoisotopic (exact) mass is 559 g/mol. The minimum atomic E-state index is -1.10. The van der Waals surface area contributed by atoms with Crippen molar-refractivity contribution in [3.8, 4) is 5.75 Å². The number of carbonyl (C=O) groups is 3. The fourth-order valence-corrected chi connectivity index (χ4v) is 4.03. The summed E-state index contributed by atoms with van der Waals surface area (Å²) >= 11 is 0. The van der Waals surface area contributed by atoms with Gasteiger partial charge in [0.2, 0.25) is 11.8 Å². The molecule has 2 unspecified atom stereocenters. The molecule has 2 heterocycles. The zero-order chi connectivity index (χ0) is 28.9. The second-order valence-electron chi connectivity index (χ2n) is 9.40. The van der Waals surface area contributed by atoms with Gasteiger partial charge in [-0.1, -0.05) is 12.1 Å². The van der Waals surface area contributed by atoms with Crippen molar-refractivity contribution in [3.05, 3.63) is 48.3 Å². The van der Waals surface area contributed by atoms with E-state index in [-0.39, 0.29) is 31.7 Å². The Bertz CT molecular complexity index is 1130. The number of aromatic nitrogens is 1. The number of aliphatic hydroxyl groups is 4. The van der Waals surface area contributed by atoms with E-state index in [0.717, 1.165) is 6.42 Å². The average Bonchev–Trinajstić information content (AvgIpc) is 2.97. The number of ether oxygens (including phenoxy) is 1. The summed E-state index contributed by atoms with van der Waals surface area (Å²) in [6.45, 7) is -1.02. The van der Waals surface area contributed by atoms with E-state index in [1.807, 2.05) is 6.07 Å². The molecule has 0 saturated heterocycles. The van der Waals surface area contributed by atoms with Crippen LogP contribution in [0.4, 0.5) is 11.4 Å². The number of anilines is 2. The summed E-state index contributed by atoms with van der Waals surface area (Å²) in [5, 5.41) is 42.3. The van der Waals surface area contributed by atoms with Gasteiger partial charge in [0.05, 0.1) is 61.7 Å². The van der Waals surface area contributed by atoms with Gasteiger partial charge < -0.3 is 45.6 Å². The molecule has 0 spiro atoms. The van der Waals surface area contributed by atoms with E-state index < -0.39 is 43.1 Å². The van der Waals surface area contributed by atoms with Crippen molar-refractivity contribution >= 4 is 29.1 Å². The fourth-order valence-electron chi connectivity index (χ4n) is 4.03. The van der Waals surface area contributed by atoms with Crippen molar-refractivity contribution in [2.45, 2.75) is 31.5 Å². The minimum Gasteiger partial charge on any atom is -0.491 e. The molecule has 0 radical (unpaired) electrons. The molecule has 6 N–H and O–H groups in total. The normalized spacial score (nSPS) is 15.8. The van der Waals surface area contributed by atoms with Crippen molar-refractivity contribution in [1.82, 2.24) is 20.5 Å². The molecule has 1 aliphatic heterocycles. The number of fused-ring (bicyclic) bond motifs is 3. The van der Waals surface area contributed by atoms with Gasteiger partial charge in [-0.05, 0) is 37.5 Å². The molecule has 2 bridgehead atoms. The number of carbonyl (C=O) groups excluding carboxylic acids is 3. The Morgan fingerprint density at radius 2 is 1.62 bits per heavy atom. The second kappa shape index (κ2) is 15.7. The van der Waals surface area contributed by atoms with Crippen LogP contribution >= 0.6 is 0 Å². The molecule has 3 amide bonds. The number of pyridine rings is 1. The van der Waals surface area contributed by atoms with E-state index in [1.54, 1.807) is 29.2 Å². The first-order chi connectivity index (χ1) is 19.3. The third-order valence-corrected chi connectivity index (χ3v) is 6.18. The van der Waals surface area contributed by atoms with E-state index in [9.17, 15) is 24.6 Å². The molecule has 13 nitrogen and oxygen atoms in total. The zero-order valence-corrected chi connectivity index (χ0v) is 22.2. The van der Waals surface area contributed by atoms with Crippen LogP contribution in [0.5, 0.6) is 5.75 Å². The molecule has 2 aromatic rings. The van der Waals surface area contributed by atoms with Crippen LogP contribution in [0.3, 0.4) is 0 Å². The average molecular weight is 560 g/mol. The summed E-state index contributed by atoms with van der Waals surface area (Å²) < 4.78 is 6.05. The number of rotatable bonds is 10. The predicted molar refractivity (Wildman–Crippen MR) is 145 cm³/mol. The maximum atomic E-state index is 13.5. The molecule has 13 heteroatoms. The van der Waals surface area contributed by atoms with Gasteiger partial charge in [-0.25, -0.2) is 0 Å². The maximum Gasteiger partial charge on any atom is 0.255 e. The second-order valence-corrected chi connectivity index (χ2v) is 9.40. The van der Waals surface area contributed by atoms with E-state index in [2.05, 4.69) is 15.6 Å². The highest BCUT2D eigenvalue weighted by molar-refractivity contribution is 5.97. The quantitative estimate of drug-likeness (QED) is 0.215. The molecule has 1 aromatic carbocycles. The fraction of sp³-hybridized carbons (Fsp3) is 0.481. The van der Waals surface area contributed by atoms with Crippen LogP contribution in [0.1, 0.15) is 29.6 Å². The highest BCUT2D eigenvalue weighted by atomic mass is 16.5. The SMILES string of the molecule is O=C(CN1CCCCCOc2ccccc2N(CC(=O)NCC(O)CO)c2cncc(c2)C1=O)NCC(O)CO. The molecule has 0 aliphatic carbocycles. The van der Waals surface area contributed by atoms with Crippen LogP contribution in [0.25, 0.3) is 0 Å². The van der Waals surface area contributed by atoms with Crippen LogP contribution in [0.2, 0.25) is 0 Å². The molecule has 1 aromatic heterocycles. The Labute approximate surface area is 232 Å². The van der Waals surface area contributed by atoms with Gasteiger partial charge in [0.15, 0.2) is 0 Å². The number of amides is 3. The molecular weight excluding hydrogens is 522 g/mol. The van der Waals surface area contributed by atoms with Crippen LogP contribution in [0, 0.1) is 0 Å². The standard InChI is InChI=1S/C27H37N5O8/c33-17-21(35)13-29-25(37)15-31-8-4-1-5-9-40-24-7-3-2-6-23(24)32(16-26(38)30-14-22(36)18-34)20-10-19(27(31)39)11-28-12-20/h2-3,6-7,10-12,21-22,33-36H,1,4-5,8-9,13-18H2,(H,29,37)(H,30,38). The van der Waals surface area contributed by atoms with Crippen LogP contribution in [-0.4, -0.2) is 113 Å². The van der Waals surface area contributed by atoms with Crippen molar-refractivity contribution < 1.29 is 39.5 Å². The number of aliphatic hydroxyl groups excluding tert-OH is 4. The van der Waals surface area contributed by atoms with Crippen molar-refractivity contribution in [2.75, 3.05) is 57.4 Å². The lowest BCUT2D eigenvalue weighted by molar-refractivity contribution is -0.122. The van der Waals surface area contributed by atoms with Crippen molar-refractivity contribution in [2.24, 2.45) is 0 Å². The third kappa shape index (κ3) is 9.16. The largest absolute Gasteiger partial charge is 0.491 e. The molecule has 1 aliphatic rings. The third-order valence-electron chi connectivity index (χ3n) is 6.18. The molecule has 2 atom stereocenters. The Hall–Kier alpha value is -3.78. The topological polar surface area (TPSA) is 185 Å². The maximum absolute atomic E-state index is 13.5. The summed E-state index contributed by atoms with van der Waals surface area (Å²) in [5.74, 6) is -0.803. The smallest absolute Gasteiger partial charge is 0.255 e. The number of hydrogen-bond donors (Lipinski definition) is 6. The Morgan fingerprint density at radius 1 is 0.950 bits per heavy atom. The predicted octanol–water partition coefficient (Wildman–Crippen LogP) is -0.837. The van der Waals surface area contributed by atoms with Gasteiger partial charge in [-0.2, -0.15) is 0 Å². The minimum absolute atomic E-state index is 0.134. The number of nitrogens with one attached hydrogen (secondary N) is 2. The number of hydrogen-bond acceptors (Lipinski definition) is 10. The Kier molecular flexibility index (Phi) is 12.1. The van der Waals surface area contributed by atoms with Gasteiger partial charge in [-0.15, -0.1) is 0 Å². The molecule has 40 heavy (non-hydrogen) atoms. The van der Waals surface area contributed by atoms with Crippen LogP contribution in [-0.2, 0) is 9.59 Å². The molecule has 0 fully saturated rings. The Balaban J connectivity index is 1.92. The summed E-state index contributed by atoms with van der Waals surface area (Å²) in [6, 6.07) is 8.76. The number of nitrogens with zero attached hydrogens (tertiary/aromatic N) is 3. The van der Waals surface area contributed by atoms with Gasteiger partial charge >= 0.3 is 0 Å².